The number of carbonyl (C=O) groups is 2. The molecule has 2 N–H and O–H groups in total. The van der Waals surface area contributed by atoms with E-state index in [1.54, 1.807) is 9.80 Å². The highest BCUT2D eigenvalue weighted by Gasteiger charge is 2.36. The molecule has 2 fully saturated rings. The zero-order valence-electron chi connectivity index (χ0n) is 13.2. The topological polar surface area (TPSA) is 66.8 Å². The van der Waals surface area contributed by atoms with Gasteiger partial charge in [-0.1, -0.05) is 11.6 Å². The molecule has 0 bridgehead atoms. The van der Waals surface area contributed by atoms with Crippen molar-refractivity contribution < 1.29 is 27.7 Å². The molecule has 0 aliphatic carbocycles. The molecule has 10 heteroatoms. The van der Waals surface area contributed by atoms with Gasteiger partial charge in [0.05, 0.1) is 18.7 Å². The lowest BCUT2D eigenvalue weighted by Gasteiger charge is -2.32. The second-order valence-corrected chi connectivity index (χ2v) is 6.46. The van der Waals surface area contributed by atoms with Crippen LogP contribution in [0.3, 0.4) is 0 Å². The largest absolute Gasteiger partial charge is 0.419 e. The number of aromatic nitrogens is 1. The third-order valence-electron chi connectivity index (χ3n) is 4.40. The predicted molar refractivity (Wildman–Crippen MR) is 83.0 cm³/mol. The van der Waals surface area contributed by atoms with Crippen molar-refractivity contribution in [2.24, 2.45) is 0 Å². The Labute approximate surface area is 146 Å². The fourth-order valence-electron chi connectivity index (χ4n) is 3.04. The van der Waals surface area contributed by atoms with E-state index in [-0.39, 0.29) is 16.8 Å². The molecular formula is C15H17ClF3N4O2+. The standard InChI is InChI=1S/C15H16ClF3N4O2/c16-10-7-9(15(17,18)19)8-20-13(10)22-3-5-23(6-4-22)14(25)11-1-2-12(24)21-11/h7-8,11H,1-6H2,(H,21,24)/p+1/t11-/m1/s1. The molecule has 3 heterocycles. The fourth-order valence-corrected chi connectivity index (χ4v) is 3.33. The Balaban J connectivity index is 1.62. The first-order valence-electron chi connectivity index (χ1n) is 7.87. The van der Waals surface area contributed by atoms with E-state index in [9.17, 15) is 22.8 Å². The van der Waals surface area contributed by atoms with Gasteiger partial charge in [-0.15, -0.1) is 0 Å². The molecule has 3 rings (SSSR count). The third kappa shape index (κ3) is 3.81. The van der Waals surface area contributed by atoms with Crippen molar-refractivity contribution in [2.45, 2.75) is 25.1 Å². The van der Waals surface area contributed by atoms with E-state index in [2.05, 4.69) is 10.3 Å². The number of hydrogen-bond acceptors (Lipinski definition) is 3. The van der Waals surface area contributed by atoms with Gasteiger partial charge in [-0.05, 0) is 12.5 Å². The lowest BCUT2D eigenvalue weighted by Crippen LogP contribution is -2.54. The number of halogens is 4. The van der Waals surface area contributed by atoms with Crippen molar-refractivity contribution in [3.05, 3.63) is 22.8 Å². The molecule has 136 valence electrons. The summed E-state index contributed by atoms with van der Waals surface area (Å²) in [6.07, 6.45) is -2.73. The van der Waals surface area contributed by atoms with E-state index >= 15 is 0 Å². The van der Waals surface area contributed by atoms with E-state index in [1.165, 1.54) is 0 Å². The first-order chi connectivity index (χ1) is 11.8. The molecule has 2 amide bonds. The molecule has 2 aliphatic rings. The molecule has 1 atom stereocenters. The number of hydrogen-bond donors (Lipinski definition) is 1. The van der Waals surface area contributed by atoms with Crippen molar-refractivity contribution in [3.8, 4) is 0 Å². The minimum Gasteiger partial charge on any atom is -0.344 e. The number of nitrogens with one attached hydrogen (secondary N) is 2. The predicted octanol–water partition coefficient (Wildman–Crippen LogP) is 1.10. The van der Waals surface area contributed by atoms with Gasteiger partial charge in [-0.25, -0.2) is 4.98 Å². The Hall–Kier alpha value is -2.03. The van der Waals surface area contributed by atoms with Crippen LogP contribution in [-0.4, -0.2) is 48.9 Å². The Morgan fingerprint density at radius 2 is 1.96 bits per heavy atom. The lowest BCUT2D eigenvalue weighted by molar-refractivity contribution is -0.367. The van der Waals surface area contributed by atoms with Gasteiger partial charge in [0.15, 0.2) is 0 Å². The maximum absolute atomic E-state index is 12.7. The van der Waals surface area contributed by atoms with Gasteiger partial charge in [-0.3, -0.25) is 14.5 Å². The number of anilines is 1. The normalized spacial score (nSPS) is 21.4. The van der Waals surface area contributed by atoms with Crippen molar-refractivity contribution >= 4 is 29.2 Å². The summed E-state index contributed by atoms with van der Waals surface area (Å²) in [6, 6.07) is 0.416. The Bertz CT molecular complexity index is 690. The highest BCUT2D eigenvalue weighted by Crippen LogP contribution is 2.32. The van der Waals surface area contributed by atoms with Crippen LogP contribution in [0.2, 0.25) is 5.02 Å². The van der Waals surface area contributed by atoms with Crippen LogP contribution in [0.15, 0.2) is 12.3 Å². The number of aromatic amines is 1. The Morgan fingerprint density at radius 3 is 2.48 bits per heavy atom. The number of pyridine rings is 1. The number of rotatable bonds is 2. The molecule has 2 aliphatic heterocycles. The van der Waals surface area contributed by atoms with Gasteiger partial charge in [0, 0.05) is 6.42 Å². The van der Waals surface area contributed by atoms with Gasteiger partial charge >= 0.3 is 6.18 Å². The minimum atomic E-state index is -4.46. The maximum atomic E-state index is 12.7. The van der Waals surface area contributed by atoms with Crippen LogP contribution >= 0.6 is 11.6 Å². The van der Waals surface area contributed by atoms with Crippen LogP contribution in [-0.2, 0) is 15.8 Å². The Kier molecular flexibility index (Phi) is 4.77. The van der Waals surface area contributed by atoms with Crippen LogP contribution < -0.4 is 15.2 Å². The maximum Gasteiger partial charge on any atom is 0.419 e. The van der Waals surface area contributed by atoms with Gasteiger partial charge in [0.2, 0.25) is 11.8 Å². The molecule has 25 heavy (non-hydrogen) atoms. The van der Waals surface area contributed by atoms with Gasteiger partial charge in [-0.2, -0.15) is 13.2 Å². The van der Waals surface area contributed by atoms with Crippen molar-refractivity contribution in [1.29, 1.82) is 0 Å². The summed E-state index contributed by atoms with van der Waals surface area (Å²) in [5.41, 5.74) is -0.841. The number of nitrogens with zero attached hydrogens (tertiary/aromatic N) is 2. The van der Waals surface area contributed by atoms with E-state index in [0.717, 1.165) is 12.3 Å². The number of carbonyl (C=O) groups excluding carboxylic acids is 2. The van der Waals surface area contributed by atoms with Gasteiger partial charge < -0.3 is 10.2 Å². The summed E-state index contributed by atoms with van der Waals surface area (Å²) in [5, 5.41) is 2.63. The first-order valence-corrected chi connectivity index (χ1v) is 8.25. The molecule has 0 saturated carbocycles. The number of alkyl halides is 3. The van der Waals surface area contributed by atoms with Crippen molar-refractivity contribution in [3.63, 3.8) is 0 Å². The molecule has 1 aromatic heterocycles. The molecular weight excluding hydrogens is 361 g/mol. The van der Waals surface area contributed by atoms with E-state index in [1.807, 2.05) is 0 Å². The summed E-state index contributed by atoms with van der Waals surface area (Å²) in [5.74, 6) is 0.159. The zero-order valence-corrected chi connectivity index (χ0v) is 14.0. The quantitative estimate of drug-likeness (QED) is 0.839. The van der Waals surface area contributed by atoms with Crippen molar-refractivity contribution in [2.75, 3.05) is 31.1 Å². The summed E-state index contributed by atoms with van der Waals surface area (Å²) in [4.78, 5) is 29.6. The number of H-pyrrole nitrogens is 1. The van der Waals surface area contributed by atoms with Crippen LogP contribution in [0, 0.1) is 0 Å². The van der Waals surface area contributed by atoms with E-state index in [0.29, 0.717) is 44.8 Å². The zero-order chi connectivity index (χ0) is 18.2. The highest BCUT2D eigenvalue weighted by molar-refractivity contribution is 6.32. The van der Waals surface area contributed by atoms with E-state index in [4.69, 9.17) is 11.6 Å². The average molecular weight is 378 g/mol. The molecule has 1 aromatic rings. The number of amides is 2. The monoisotopic (exact) mass is 377 g/mol. The van der Waals surface area contributed by atoms with Crippen LogP contribution in [0.5, 0.6) is 0 Å². The SMILES string of the molecule is O=C1CC[C@H](C(=O)N2CCN(c3[nH+]cc(C(F)(F)F)cc3Cl)CC2)N1. The summed E-state index contributed by atoms with van der Waals surface area (Å²) < 4.78 is 38.1. The van der Waals surface area contributed by atoms with Crippen molar-refractivity contribution in [1.82, 2.24) is 10.2 Å². The lowest BCUT2D eigenvalue weighted by atomic mass is 10.2. The Morgan fingerprint density at radius 1 is 1.28 bits per heavy atom. The van der Waals surface area contributed by atoms with Gasteiger partial charge in [0.1, 0.15) is 30.4 Å². The first kappa shape index (κ1) is 17.8. The van der Waals surface area contributed by atoms with Crippen LogP contribution in [0.25, 0.3) is 0 Å². The van der Waals surface area contributed by atoms with E-state index < -0.39 is 17.8 Å². The summed E-state index contributed by atoms with van der Waals surface area (Å²) in [7, 11) is 0. The minimum absolute atomic E-state index is 0.0161. The number of piperazine rings is 1. The average Bonchev–Trinajstić information content (AvgIpc) is 3.00. The molecule has 0 unspecified atom stereocenters. The molecule has 6 nitrogen and oxygen atoms in total. The fraction of sp³-hybridized carbons (Fsp3) is 0.533. The van der Waals surface area contributed by atoms with Crippen LogP contribution in [0.4, 0.5) is 19.0 Å². The van der Waals surface area contributed by atoms with Gasteiger partial charge in [0.25, 0.3) is 5.82 Å². The van der Waals surface area contributed by atoms with Crippen LogP contribution in [0.1, 0.15) is 18.4 Å². The molecule has 0 aromatic carbocycles. The second kappa shape index (κ2) is 6.70. The molecule has 2 saturated heterocycles. The second-order valence-electron chi connectivity index (χ2n) is 6.05. The highest BCUT2D eigenvalue weighted by atomic mass is 35.5. The smallest absolute Gasteiger partial charge is 0.344 e. The molecule has 0 spiro atoms. The third-order valence-corrected chi connectivity index (χ3v) is 4.69. The summed E-state index contributed by atoms with van der Waals surface area (Å²) in [6.45, 7) is 1.70. The molecule has 0 radical (unpaired) electrons. The summed E-state index contributed by atoms with van der Waals surface area (Å²) >= 11 is 5.99.